The number of carbonyl (C=O) groups is 3. The fourth-order valence-corrected chi connectivity index (χ4v) is 5.25. The first kappa shape index (κ1) is 18.6. The number of amides is 1. The molecule has 4 aliphatic heterocycles. The Morgan fingerprint density at radius 1 is 1.14 bits per heavy atom. The zero-order valence-electron chi connectivity index (χ0n) is 15.8. The van der Waals surface area contributed by atoms with Gasteiger partial charge in [0.2, 0.25) is 5.78 Å². The molecule has 9 heteroatoms. The van der Waals surface area contributed by atoms with Crippen LogP contribution in [0, 0.1) is 11.6 Å². The van der Waals surface area contributed by atoms with Crippen LogP contribution in [0.4, 0.5) is 14.5 Å². The Bertz CT molecular complexity index is 886. The van der Waals surface area contributed by atoms with E-state index < -0.39 is 29.4 Å². The standard InChI is InChI=1S/C20H22F2N4O3/c21-14-4-16(26-11-3-12(26)6-23-5-11)13-8-25(20(29)18(13)19(14)22)10-1-2-15(24-7-10)17(28)9-27/h4,9-12,15,23-24H,1-3,5-8H2. The lowest BCUT2D eigenvalue weighted by molar-refractivity contribution is -0.131. The van der Waals surface area contributed by atoms with Crippen molar-refractivity contribution in [2.45, 2.75) is 50.0 Å². The van der Waals surface area contributed by atoms with Gasteiger partial charge in [-0.1, -0.05) is 0 Å². The summed E-state index contributed by atoms with van der Waals surface area (Å²) < 4.78 is 29.0. The maximum absolute atomic E-state index is 14.6. The summed E-state index contributed by atoms with van der Waals surface area (Å²) >= 11 is 0. The monoisotopic (exact) mass is 404 g/mol. The third kappa shape index (κ3) is 2.78. The first-order valence-corrected chi connectivity index (χ1v) is 10.0. The number of halogens is 2. The minimum atomic E-state index is -1.09. The van der Waals surface area contributed by atoms with Crippen LogP contribution in [-0.4, -0.2) is 66.7 Å². The molecule has 4 aliphatic rings. The molecular weight excluding hydrogens is 382 g/mol. The number of piperidine rings is 2. The Kier molecular flexibility index (Phi) is 4.40. The van der Waals surface area contributed by atoms with Crippen LogP contribution in [0.3, 0.4) is 0 Å². The molecule has 4 unspecified atom stereocenters. The number of hydrogen-bond acceptors (Lipinski definition) is 6. The summed E-state index contributed by atoms with van der Waals surface area (Å²) in [6.07, 6.45) is 2.26. The number of carbonyl (C=O) groups excluding carboxylic acids is 3. The average molecular weight is 404 g/mol. The van der Waals surface area contributed by atoms with Gasteiger partial charge in [-0.3, -0.25) is 14.4 Å². The second kappa shape index (κ2) is 6.84. The van der Waals surface area contributed by atoms with Crippen molar-refractivity contribution in [1.29, 1.82) is 0 Å². The van der Waals surface area contributed by atoms with Crippen LogP contribution in [0.2, 0.25) is 0 Å². The van der Waals surface area contributed by atoms with Crippen LogP contribution in [0.5, 0.6) is 0 Å². The van der Waals surface area contributed by atoms with Crippen LogP contribution in [-0.2, 0) is 16.1 Å². The number of Topliss-reactive ketones (excluding diaryl/α,β-unsaturated/α-hetero) is 1. The minimum absolute atomic E-state index is 0.163. The van der Waals surface area contributed by atoms with Gasteiger partial charge in [-0.15, -0.1) is 0 Å². The lowest BCUT2D eigenvalue weighted by Gasteiger charge is -2.55. The van der Waals surface area contributed by atoms with Gasteiger partial charge in [0.05, 0.1) is 11.6 Å². The lowest BCUT2D eigenvalue weighted by atomic mass is 9.86. The number of ketones is 1. The van der Waals surface area contributed by atoms with Crippen LogP contribution in [0.25, 0.3) is 0 Å². The zero-order valence-corrected chi connectivity index (χ0v) is 15.8. The first-order chi connectivity index (χ1) is 14.0. The summed E-state index contributed by atoms with van der Waals surface area (Å²) in [5, 5.41) is 6.32. The molecule has 3 saturated heterocycles. The largest absolute Gasteiger partial charge is 0.362 e. The molecule has 7 nitrogen and oxygen atoms in total. The van der Waals surface area contributed by atoms with E-state index in [2.05, 4.69) is 15.5 Å². The van der Waals surface area contributed by atoms with E-state index in [1.54, 1.807) is 4.90 Å². The van der Waals surface area contributed by atoms with Gasteiger partial charge in [0.25, 0.3) is 5.91 Å². The summed E-state index contributed by atoms with van der Waals surface area (Å²) in [6, 6.07) is 0.921. The summed E-state index contributed by atoms with van der Waals surface area (Å²) in [5.41, 5.74) is 1.01. The summed E-state index contributed by atoms with van der Waals surface area (Å²) in [5.74, 6) is -3.09. The fourth-order valence-electron chi connectivity index (χ4n) is 5.25. The van der Waals surface area contributed by atoms with Crippen LogP contribution >= 0.6 is 0 Å². The Morgan fingerprint density at radius 2 is 1.90 bits per heavy atom. The van der Waals surface area contributed by atoms with Crippen molar-refractivity contribution >= 4 is 23.7 Å². The van der Waals surface area contributed by atoms with Crippen LogP contribution in [0.15, 0.2) is 6.07 Å². The van der Waals surface area contributed by atoms with Crippen molar-refractivity contribution in [3.05, 3.63) is 28.8 Å². The highest BCUT2D eigenvalue weighted by Crippen LogP contribution is 2.42. The second-order valence-electron chi connectivity index (χ2n) is 8.30. The molecule has 2 N–H and O–H groups in total. The molecule has 0 radical (unpaired) electrons. The van der Waals surface area contributed by atoms with E-state index in [9.17, 15) is 23.2 Å². The second-order valence-corrected chi connectivity index (χ2v) is 8.30. The number of fused-ring (bicyclic) bond motifs is 3. The third-order valence-corrected chi connectivity index (χ3v) is 6.76. The van der Waals surface area contributed by atoms with E-state index in [4.69, 9.17) is 0 Å². The number of anilines is 1. The van der Waals surface area contributed by atoms with Crippen molar-refractivity contribution in [2.75, 3.05) is 24.5 Å². The predicted octanol–water partition coefficient (Wildman–Crippen LogP) is 0.360. The van der Waals surface area contributed by atoms with Gasteiger partial charge in [0.15, 0.2) is 17.9 Å². The molecule has 1 aromatic carbocycles. The quantitative estimate of drug-likeness (QED) is 0.557. The number of aldehydes is 1. The Hall–Kier alpha value is -2.39. The molecule has 4 heterocycles. The van der Waals surface area contributed by atoms with Crippen molar-refractivity contribution in [1.82, 2.24) is 15.5 Å². The Morgan fingerprint density at radius 3 is 2.52 bits per heavy atom. The van der Waals surface area contributed by atoms with E-state index in [-0.39, 0.29) is 30.2 Å². The molecule has 4 atom stereocenters. The molecule has 1 amide bonds. The van der Waals surface area contributed by atoms with E-state index in [1.165, 1.54) is 6.07 Å². The minimum Gasteiger partial charge on any atom is -0.362 e. The van der Waals surface area contributed by atoms with Gasteiger partial charge in [-0.25, -0.2) is 8.78 Å². The molecular formula is C20H22F2N4O3. The number of hydrogen-bond donors (Lipinski definition) is 2. The summed E-state index contributed by atoms with van der Waals surface area (Å²) in [4.78, 5) is 38.9. The molecule has 0 aliphatic carbocycles. The summed E-state index contributed by atoms with van der Waals surface area (Å²) in [7, 11) is 0. The van der Waals surface area contributed by atoms with Gasteiger partial charge in [-0.05, 0) is 19.3 Å². The Labute approximate surface area is 166 Å². The topological polar surface area (TPSA) is 81.8 Å². The van der Waals surface area contributed by atoms with Gasteiger partial charge >= 0.3 is 0 Å². The van der Waals surface area contributed by atoms with Gasteiger partial charge in [-0.2, -0.15) is 0 Å². The molecule has 1 aromatic rings. The highest BCUT2D eigenvalue weighted by molar-refractivity contribution is 6.27. The molecule has 3 fully saturated rings. The lowest BCUT2D eigenvalue weighted by Crippen LogP contribution is -2.68. The van der Waals surface area contributed by atoms with E-state index in [0.717, 1.165) is 19.5 Å². The number of rotatable bonds is 4. The summed E-state index contributed by atoms with van der Waals surface area (Å²) in [6.45, 7) is 2.15. The van der Waals surface area contributed by atoms with E-state index in [1.807, 2.05) is 0 Å². The molecule has 0 saturated carbocycles. The van der Waals surface area contributed by atoms with Gasteiger partial charge in [0.1, 0.15) is 0 Å². The average Bonchev–Trinajstić information content (AvgIpc) is 3.09. The number of nitrogens with one attached hydrogen (secondary N) is 2. The SMILES string of the molecule is O=CC(=O)C1CCC(N2Cc3c(N4C5CNCC4C5)cc(F)c(F)c3C2=O)CN1. The highest BCUT2D eigenvalue weighted by atomic mass is 19.2. The zero-order chi connectivity index (χ0) is 20.3. The molecule has 0 aromatic heterocycles. The number of piperazine rings is 1. The smallest absolute Gasteiger partial charge is 0.257 e. The maximum atomic E-state index is 14.6. The molecule has 5 rings (SSSR count). The molecule has 154 valence electrons. The van der Waals surface area contributed by atoms with Crippen molar-refractivity contribution in [2.24, 2.45) is 0 Å². The molecule has 29 heavy (non-hydrogen) atoms. The van der Waals surface area contributed by atoms with E-state index >= 15 is 0 Å². The highest BCUT2D eigenvalue weighted by Gasteiger charge is 2.46. The Balaban J connectivity index is 1.42. The van der Waals surface area contributed by atoms with Crippen molar-refractivity contribution in [3.8, 4) is 0 Å². The van der Waals surface area contributed by atoms with Crippen molar-refractivity contribution in [3.63, 3.8) is 0 Å². The predicted molar refractivity (Wildman–Crippen MR) is 99.7 cm³/mol. The normalized spacial score (nSPS) is 30.8. The van der Waals surface area contributed by atoms with Crippen LogP contribution < -0.4 is 15.5 Å². The van der Waals surface area contributed by atoms with Gasteiger partial charge < -0.3 is 20.4 Å². The van der Waals surface area contributed by atoms with E-state index in [0.29, 0.717) is 36.9 Å². The van der Waals surface area contributed by atoms with Crippen LogP contribution in [0.1, 0.15) is 35.2 Å². The number of nitrogens with zero attached hydrogens (tertiary/aromatic N) is 2. The van der Waals surface area contributed by atoms with Crippen molar-refractivity contribution < 1.29 is 23.2 Å². The van der Waals surface area contributed by atoms with Gasteiger partial charge in [0, 0.05) is 61.6 Å². The first-order valence-electron chi connectivity index (χ1n) is 10.0. The maximum Gasteiger partial charge on any atom is 0.257 e. The third-order valence-electron chi connectivity index (χ3n) is 6.76. The number of benzene rings is 1. The molecule has 2 bridgehead atoms. The molecule has 0 spiro atoms. The fraction of sp³-hybridized carbons (Fsp3) is 0.550.